The Morgan fingerprint density at radius 1 is 1.17 bits per heavy atom. The van der Waals surface area contributed by atoms with Gasteiger partial charge in [-0.25, -0.2) is 4.99 Å². The zero-order valence-electron chi connectivity index (χ0n) is 12.0. The monoisotopic (exact) mass is 406 g/mol. The molecule has 0 unspecified atom stereocenters. The van der Waals surface area contributed by atoms with Crippen LogP contribution in [0.25, 0.3) is 0 Å². The summed E-state index contributed by atoms with van der Waals surface area (Å²) in [6, 6.07) is 11.3. The van der Waals surface area contributed by atoms with Crippen molar-refractivity contribution in [1.29, 1.82) is 0 Å². The average Bonchev–Trinajstić information content (AvgIpc) is 3.15. The number of aromatic nitrogens is 2. The molecule has 0 saturated carbocycles. The first-order valence-corrected chi connectivity index (χ1v) is 9.04. The molecular formula is C15H11BrN4OS2. The van der Waals surface area contributed by atoms with Gasteiger partial charge in [-0.3, -0.25) is 10.1 Å². The predicted molar refractivity (Wildman–Crippen MR) is 98.3 cm³/mol. The molecule has 0 fully saturated rings. The number of nitrogens with zero attached hydrogens (tertiary/aromatic N) is 3. The molecule has 0 bridgehead atoms. The molecule has 3 rings (SSSR count). The number of rotatable bonds is 4. The summed E-state index contributed by atoms with van der Waals surface area (Å²) in [6.07, 6.45) is 1.72. The third kappa shape index (κ3) is 4.31. The highest BCUT2D eigenvalue weighted by Gasteiger charge is 2.09. The van der Waals surface area contributed by atoms with E-state index in [9.17, 15) is 4.79 Å². The van der Waals surface area contributed by atoms with Gasteiger partial charge < -0.3 is 0 Å². The number of aliphatic imine (C=N–C) groups is 1. The molecule has 0 saturated heterocycles. The molecule has 0 spiro atoms. The fourth-order valence-corrected chi connectivity index (χ4v) is 3.59. The summed E-state index contributed by atoms with van der Waals surface area (Å²) in [6.45, 7) is 1.98. The van der Waals surface area contributed by atoms with Crippen LogP contribution in [0.4, 0.5) is 10.3 Å². The van der Waals surface area contributed by atoms with E-state index in [1.54, 1.807) is 29.7 Å². The Morgan fingerprint density at radius 2 is 1.96 bits per heavy atom. The fourth-order valence-electron chi connectivity index (χ4n) is 1.71. The second-order valence-electron chi connectivity index (χ2n) is 4.61. The van der Waals surface area contributed by atoms with E-state index < -0.39 is 0 Å². The zero-order chi connectivity index (χ0) is 16.2. The van der Waals surface area contributed by atoms with Crippen LogP contribution in [0.2, 0.25) is 0 Å². The number of carbonyl (C=O) groups excluding carboxylic acids is 1. The fraction of sp³-hybridized carbons (Fsp3) is 0.0667. The van der Waals surface area contributed by atoms with E-state index in [0.29, 0.717) is 15.8 Å². The van der Waals surface area contributed by atoms with Gasteiger partial charge in [0.15, 0.2) is 0 Å². The van der Waals surface area contributed by atoms with Crippen LogP contribution in [0.1, 0.15) is 20.8 Å². The molecule has 0 aliphatic rings. The summed E-state index contributed by atoms with van der Waals surface area (Å²) < 4.78 is 1.04. The van der Waals surface area contributed by atoms with Gasteiger partial charge >= 0.3 is 0 Å². The third-order valence-electron chi connectivity index (χ3n) is 2.84. The zero-order valence-corrected chi connectivity index (χ0v) is 15.2. The normalized spacial score (nSPS) is 11.0. The van der Waals surface area contributed by atoms with Gasteiger partial charge in [-0.1, -0.05) is 29.0 Å². The molecule has 3 aromatic rings. The van der Waals surface area contributed by atoms with Gasteiger partial charge in [-0.05, 0) is 47.1 Å². The van der Waals surface area contributed by atoms with Gasteiger partial charge in [-0.15, -0.1) is 21.5 Å². The Kier molecular flexibility index (Phi) is 4.94. The summed E-state index contributed by atoms with van der Waals surface area (Å²) in [7, 11) is 0. The van der Waals surface area contributed by atoms with Crippen LogP contribution >= 0.6 is 38.6 Å². The molecule has 2 aromatic heterocycles. The van der Waals surface area contributed by atoms with Gasteiger partial charge in [0.05, 0.1) is 3.79 Å². The molecule has 1 N–H and O–H groups in total. The van der Waals surface area contributed by atoms with Crippen molar-refractivity contribution in [3.8, 4) is 0 Å². The molecule has 8 heteroatoms. The Balaban J connectivity index is 1.66. The van der Waals surface area contributed by atoms with Crippen LogP contribution in [0, 0.1) is 6.92 Å². The molecular weight excluding hydrogens is 396 g/mol. The quantitative estimate of drug-likeness (QED) is 0.639. The smallest absolute Gasteiger partial charge is 0.257 e. The predicted octanol–water partition coefficient (Wildman–Crippen LogP) is 4.67. The van der Waals surface area contributed by atoms with Crippen molar-refractivity contribution in [1.82, 2.24) is 10.2 Å². The van der Waals surface area contributed by atoms with Crippen LogP contribution in [0.5, 0.6) is 0 Å². The van der Waals surface area contributed by atoms with Gasteiger partial charge in [0.25, 0.3) is 5.91 Å². The maximum atomic E-state index is 12.1. The first-order chi connectivity index (χ1) is 11.1. The maximum absolute atomic E-state index is 12.1. The molecule has 116 valence electrons. The average molecular weight is 407 g/mol. The number of thiophene rings is 1. The van der Waals surface area contributed by atoms with Gasteiger partial charge in [0, 0.05) is 16.7 Å². The second kappa shape index (κ2) is 7.12. The Morgan fingerprint density at radius 3 is 2.65 bits per heavy atom. The number of benzene rings is 1. The molecule has 2 heterocycles. The van der Waals surface area contributed by atoms with Crippen molar-refractivity contribution >= 4 is 61.0 Å². The maximum Gasteiger partial charge on any atom is 0.257 e. The number of aryl methyl sites for hydroxylation is 1. The SMILES string of the molecule is Cc1ccc(C(=O)Nc2nnc(N=Cc3ccc(Br)s3)s2)cc1. The number of carbonyl (C=O) groups is 1. The number of halogens is 1. The second-order valence-corrected chi connectivity index (χ2v) is 8.06. The van der Waals surface area contributed by atoms with Crippen molar-refractivity contribution in [2.75, 3.05) is 5.32 Å². The molecule has 1 aromatic carbocycles. The van der Waals surface area contributed by atoms with Gasteiger partial charge in [-0.2, -0.15) is 0 Å². The van der Waals surface area contributed by atoms with E-state index in [4.69, 9.17) is 0 Å². The van der Waals surface area contributed by atoms with Crippen molar-refractivity contribution in [2.45, 2.75) is 6.92 Å². The molecule has 0 aliphatic carbocycles. The van der Waals surface area contributed by atoms with Crippen molar-refractivity contribution in [3.63, 3.8) is 0 Å². The lowest BCUT2D eigenvalue weighted by molar-refractivity contribution is 0.102. The minimum absolute atomic E-state index is 0.209. The number of hydrogen-bond acceptors (Lipinski definition) is 6. The highest BCUT2D eigenvalue weighted by Crippen LogP contribution is 2.25. The van der Waals surface area contributed by atoms with Gasteiger partial charge in [0.1, 0.15) is 0 Å². The first kappa shape index (κ1) is 16.0. The molecule has 0 radical (unpaired) electrons. The van der Waals surface area contributed by atoms with E-state index in [-0.39, 0.29) is 5.91 Å². The number of nitrogens with one attached hydrogen (secondary N) is 1. The molecule has 0 atom stereocenters. The van der Waals surface area contributed by atoms with Crippen molar-refractivity contribution in [2.24, 2.45) is 4.99 Å². The van der Waals surface area contributed by atoms with E-state index in [2.05, 4.69) is 36.4 Å². The number of amides is 1. The molecule has 5 nitrogen and oxygen atoms in total. The highest BCUT2D eigenvalue weighted by molar-refractivity contribution is 9.11. The summed E-state index contributed by atoms with van der Waals surface area (Å²) in [4.78, 5) is 17.4. The minimum atomic E-state index is -0.209. The number of hydrogen-bond donors (Lipinski definition) is 1. The summed E-state index contributed by atoms with van der Waals surface area (Å²) in [5.74, 6) is -0.209. The topological polar surface area (TPSA) is 67.2 Å². The lowest BCUT2D eigenvalue weighted by Crippen LogP contribution is -2.11. The van der Waals surface area contributed by atoms with Crippen LogP contribution in [0.15, 0.2) is 45.2 Å². The largest absolute Gasteiger partial charge is 0.296 e. The van der Waals surface area contributed by atoms with Crippen LogP contribution in [-0.4, -0.2) is 22.3 Å². The molecule has 1 amide bonds. The van der Waals surface area contributed by atoms with E-state index in [1.807, 2.05) is 31.2 Å². The van der Waals surface area contributed by atoms with Crippen molar-refractivity contribution in [3.05, 3.63) is 56.2 Å². The summed E-state index contributed by atoms with van der Waals surface area (Å²) in [5.41, 5.74) is 1.69. The molecule has 23 heavy (non-hydrogen) atoms. The van der Waals surface area contributed by atoms with Gasteiger partial charge in [0.2, 0.25) is 10.3 Å². The van der Waals surface area contributed by atoms with Crippen LogP contribution in [-0.2, 0) is 0 Å². The lowest BCUT2D eigenvalue weighted by atomic mass is 10.1. The van der Waals surface area contributed by atoms with E-state index >= 15 is 0 Å². The van der Waals surface area contributed by atoms with Crippen molar-refractivity contribution < 1.29 is 4.79 Å². The van der Waals surface area contributed by atoms with E-state index in [1.165, 1.54) is 11.3 Å². The summed E-state index contributed by atoms with van der Waals surface area (Å²) >= 11 is 6.20. The van der Waals surface area contributed by atoms with Crippen LogP contribution < -0.4 is 5.32 Å². The Labute approximate surface area is 149 Å². The van der Waals surface area contributed by atoms with E-state index in [0.717, 1.165) is 14.2 Å². The summed E-state index contributed by atoms with van der Waals surface area (Å²) in [5, 5.41) is 11.5. The Hall–Kier alpha value is -1.90. The third-order valence-corrected chi connectivity index (χ3v) is 5.15. The van der Waals surface area contributed by atoms with Crippen LogP contribution in [0.3, 0.4) is 0 Å². The number of anilines is 1. The molecule has 0 aliphatic heterocycles. The first-order valence-electron chi connectivity index (χ1n) is 6.61. The lowest BCUT2D eigenvalue weighted by Gasteiger charge is -2.00. The highest BCUT2D eigenvalue weighted by atomic mass is 79.9. The minimum Gasteiger partial charge on any atom is -0.296 e. The Bertz CT molecular complexity index is 855. The standard InChI is InChI=1S/C15H11BrN4OS2/c1-9-2-4-10(5-3-9)13(21)18-15-20-19-14(23-15)17-8-11-6-7-12(16)22-11/h2-8H,1H3,(H,18,20,21).